The lowest BCUT2D eigenvalue weighted by atomic mass is 10.0. The largest absolute Gasteiger partial charge is 0.480 e. The molecule has 114 valence electrons. The molecule has 0 bridgehead atoms. The fourth-order valence-corrected chi connectivity index (χ4v) is 1.68. The maximum absolute atomic E-state index is 11.7. The van der Waals surface area contributed by atoms with Gasteiger partial charge in [-0.25, -0.2) is 4.79 Å². The maximum Gasteiger partial charge on any atom is 0.322 e. The van der Waals surface area contributed by atoms with E-state index in [0.29, 0.717) is 5.69 Å². The van der Waals surface area contributed by atoms with Crippen LogP contribution in [-0.2, 0) is 9.59 Å². The molecular weight excluding hydrogens is 274 g/mol. The van der Waals surface area contributed by atoms with Gasteiger partial charge in [-0.1, -0.05) is 32.0 Å². The molecule has 21 heavy (non-hydrogen) atoms. The van der Waals surface area contributed by atoms with Crippen LogP contribution in [0.5, 0.6) is 0 Å². The van der Waals surface area contributed by atoms with Gasteiger partial charge in [-0.3, -0.25) is 9.59 Å². The molecule has 1 aromatic carbocycles. The average Bonchev–Trinajstić information content (AvgIpc) is 2.43. The number of carboxylic acid groups (broad SMARTS) is 1. The van der Waals surface area contributed by atoms with Crippen molar-refractivity contribution in [2.24, 2.45) is 0 Å². The van der Waals surface area contributed by atoms with Crippen LogP contribution in [0.2, 0.25) is 0 Å². The van der Waals surface area contributed by atoms with Crippen LogP contribution in [0.3, 0.4) is 0 Å². The maximum atomic E-state index is 11.7. The van der Waals surface area contributed by atoms with Gasteiger partial charge in [0.05, 0.1) is 6.54 Å². The number of nitrogens with one attached hydrogen (secondary N) is 3. The molecule has 1 aromatic rings. The Morgan fingerprint density at radius 3 is 2.38 bits per heavy atom. The molecule has 0 aromatic heterocycles. The van der Waals surface area contributed by atoms with Crippen LogP contribution in [0.25, 0.3) is 0 Å². The first-order valence-corrected chi connectivity index (χ1v) is 6.52. The van der Waals surface area contributed by atoms with E-state index in [-0.39, 0.29) is 12.5 Å². The first-order chi connectivity index (χ1) is 9.90. The van der Waals surface area contributed by atoms with Crippen LogP contribution in [0, 0.1) is 0 Å². The Bertz CT molecular complexity index is 529. The minimum Gasteiger partial charge on any atom is -0.480 e. The molecule has 0 saturated heterocycles. The quantitative estimate of drug-likeness (QED) is 0.630. The highest BCUT2D eigenvalue weighted by atomic mass is 16.4. The number of hydrogen-bond acceptors (Lipinski definition) is 3. The molecule has 0 heterocycles. The number of para-hydroxylation sites is 1. The van der Waals surface area contributed by atoms with Crippen LogP contribution in [-0.4, -0.2) is 36.1 Å². The molecular formula is C14H19N3O4. The first-order valence-electron chi connectivity index (χ1n) is 6.52. The van der Waals surface area contributed by atoms with Crippen LogP contribution in [0.1, 0.15) is 25.3 Å². The highest BCUT2D eigenvalue weighted by molar-refractivity contribution is 5.93. The Balaban J connectivity index is 2.47. The lowest BCUT2D eigenvalue weighted by Gasteiger charge is -2.14. The highest BCUT2D eigenvalue weighted by Gasteiger charge is 2.10. The van der Waals surface area contributed by atoms with Crippen molar-refractivity contribution in [2.45, 2.75) is 19.8 Å². The summed E-state index contributed by atoms with van der Waals surface area (Å²) in [5.74, 6) is -1.45. The molecule has 3 amide bonds. The van der Waals surface area contributed by atoms with Crippen molar-refractivity contribution >= 4 is 23.6 Å². The van der Waals surface area contributed by atoms with Crippen molar-refractivity contribution in [3.05, 3.63) is 29.8 Å². The second-order valence-corrected chi connectivity index (χ2v) is 4.72. The van der Waals surface area contributed by atoms with Gasteiger partial charge in [0.15, 0.2) is 0 Å². The zero-order valence-electron chi connectivity index (χ0n) is 12.0. The number of aliphatic carboxylic acids is 1. The summed E-state index contributed by atoms with van der Waals surface area (Å²) in [6.07, 6.45) is 0. The van der Waals surface area contributed by atoms with Crippen LogP contribution >= 0.6 is 0 Å². The zero-order chi connectivity index (χ0) is 15.8. The minimum atomic E-state index is -1.14. The number of amides is 3. The third-order valence-corrected chi connectivity index (χ3v) is 2.68. The van der Waals surface area contributed by atoms with Gasteiger partial charge in [0.1, 0.15) is 6.54 Å². The zero-order valence-corrected chi connectivity index (χ0v) is 12.0. The van der Waals surface area contributed by atoms with Crippen molar-refractivity contribution in [3.63, 3.8) is 0 Å². The summed E-state index contributed by atoms with van der Waals surface area (Å²) in [6, 6.07) is 6.87. The van der Waals surface area contributed by atoms with Crippen molar-refractivity contribution in [3.8, 4) is 0 Å². The molecule has 0 aliphatic rings. The Hall–Kier alpha value is -2.57. The Labute approximate surface area is 122 Å². The molecule has 0 aliphatic carbocycles. The molecule has 0 aliphatic heterocycles. The third kappa shape index (κ3) is 5.94. The number of carbonyl (C=O) groups excluding carboxylic acids is 2. The van der Waals surface area contributed by atoms with E-state index in [9.17, 15) is 14.4 Å². The van der Waals surface area contributed by atoms with Crippen molar-refractivity contribution < 1.29 is 19.5 Å². The number of anilines is 1. The second kappa shape index (κ2) is 7.88. The number of carboxylic acids is 1. The van der Waals surface area contributed by atoms with Crippen molar-refractivity contribution in [1.82, 2.24) is 10.6 Å². The average molecular weight is 293 g/mol. The van der Waals surface area contributed by atoms with E-state index in [0.717, 1.165) is 5.56 Å². The fourth-order valence-electron chi connectivity index (χ4n) is 1.68. The molecule has 7 heteroatoms. The number of rotatable bonds is 6. The van der Waals surface area contributed by atoms with E-state index in [1.807, 2.05) is 26.0 Å². The Kier molecular flexibility index (Phi) is 6.19. The monoisotopic (exact) mass is 293 g/mol. The molecule has 0 fully saturated rings. The number of hydrogen-bond donors (Lipinski definition) is 4. The summed E-state index contributed by atoms with van der Waals surface area (Å²) in [7, 11) is 0. The van der Waals surface area contributed by atoms with E-state index < -0.39 is 24.5 Å². The molecule has 0 unspecified atom stereocenters. The van der Waals surface area contributed by atoms with Gasteiger partial charge in [-0.05, 0) is 17.5 Å². The summed E-state index contributed by atoms with van der Waals surface area (Å²) in [5, 5.41) is 15.6. The van der Waals surface area contributed by atoms with Crippen molar-refractivity contribution in [1.29, 1.82) is 0 Å². The van der Waals surface area contributed by atoms with E-state index in [4.69, 9.17) is 5.11 Å². The van der Waals surface area contributed by atoms with E-state index in [1.165, 1.54) is 0 Å². The summed E-state index contributed by atoms with van der Waals surface area (Å²) >= 11 is 0. The molecule has 0 atom stereocenters. The van der Waals surface area contributed by atoms with Gasteiger partial charge in [0.2, 0.25) is 5.91 Å². The Morgan fingerprint density at radius 1 is 1.10 bits per heavy atom. The molecule has 4 N–H and O–H groups in total. The van der Waals surface area contributed by atoms with Gasteiger partial charge < -0.3 is 21.1 Å². The van der Waals surface area contributed by atoms with E-state index >= 15 is 0 Å². The van der Waals surface area contributed by atoms with Gasteiger partial charge in [0.25, 0.3) is 0 Å². The third-order valence-electron chi connectivity index (χ3n) is 2.68. The second-order valence-electron chi connectivity index (χ2n) is 4.72. The summed E-state index contributed by atoms with van der Waals surface area (Å²) < 4.78 is 0. The number of carbonyl (C=O) groups is 3. The van der Waals surface area contributed by atoms with E-state index in [1.54, 1.807) is 12.1 Å². The lowest BCUT2D eigenvalue weighted by Crippen LogP contribution is -2.40. The fraction of sp³-hybridized carbons (Fsp3) is 0.357. The Morgan fingerprint density at radius 2 is 1.76 bits per heavy atom. The van der Waals surface area contributed by atoms with Crippen LogP contribution < -0.4 is 16.0 Å². The smallest absolute Gasteiger partial charge is 0.322 e. The molecule has 0 spiro atoms. The number of benzene rings is 1. The van der Waals surface area contributed by atoms with Gasteiger partial charge in [-0.15, -0.1) is 0 Å². The predicted octanol–water partition coefficient (Wildman–Crippen LogP) is 1.13. The predicted molar refractivity (Wildman–Crippen MR) is 78.2 cm³/mol. The van der Waals surface area contributed by atoms with Crippen molar-refractivity contribution in [2.75, 3.05) is 18.4 Å². The summed E-state index contributed by atoms with van der Waals surface area (Å²) in [6.45, 7) is 3.26. The number of urea groups is 1. The van der Waals surface area contributed by atoms with Gasteiger partial charge in [0, 0.05) is 5.69 Å². The molecule has 0 saturated carbocycles. The molecule has 1 rings (SSSR count). The normalized spacial score (nSPS) is 10.0. The minimum absolute atomic E-state index is 0.250. The van der Waals surface area contributed by atoms with Gasteiger partial charge in [-0.2, -0.15) is 0 Å². The van der Waals surface area contributed by atoms with E-state index in [2.05, 4.69) is 16.0 Å². The first kappa shape index (κ1) is 16.5. The summed E-state index contributed by atoms with van der Waals surface area (Å²) in [4.78, 5) is 33.2. The lowest BCUT2D eigenvalue weighted by molar-refractivity contribution is -0.137. The van der Waals surface area contributed by atoms with Crippen LogP contribution in [0.15, 0.2) is 24.3 Å². The summed E-state index contributed by atoms with van der Waals surface area (Å²) in [5.41, 5.74) is 1.67. The van der Waals surface area contributed by atoms with Gasteiger partial charge >= 0.3 is 12.0 Å². The standard InChI is InChI=1S/C14H19N3O4/c1-9(2)10-5-3-4-6-11(10)17-14(21)16-7-12(18)15-8-13(19)20/h3-6,9H,7-8H2,1-2H3,(H,15,18)(H,19,20)(H2,16,17,21). The molecule has 7 nitrogen and oxygen atoms in total. The topological polar surface area (TPSA) is 108 Å². The highest BCUT2D eigenvalue weighted by Crippen LogP contribution is 2.23. The SMILES string of the molecule is CC(C)c1ccccc1NC(=O)NCC(=O)NCC(=O)O. The molecule has 0 radical (unpaired) electrons. The van der Waals surface area contributed by atoms with Crippen LogP contribution in [0.4, 0.5) is 10.5 Å².